The predicted molar refractivity (Wildman–Crippen MR) is 61.6 cm³/mol. The minimum atomic E-state index is 0.118. The topological polar surface area (TPSA) is 55.6 Å². The third kappa shape index (κ3) is 6.47. The van der Waals surface area contributed by atoms with Crippen molar-refractivity contribution < 1.29 is 9.53 Å². The highest BCUT2D eigenvalue weighted by atomic mass is 16.5. The summed E-state index contributed by atoms with van der Waals surface area (Å²) in [6.07, 6.45) is 1.30. The van der Waals surface area contributed by atoms with Crippen molar-refractivity contribution in [1.82, 2.24) is 4.90 Å². The van der Waals surface area contributed by atoms with Crippen LogP contribution < -0.4 is 5.73 Å². The minimum absolute atomic E-state index is 0.118. The fourth-order valence-electron chi connectivity index (χ4n) is 1.18. The highest BCUT2D eigenvalue weighted by molar-refractivity contribution is 5.75. The molecule has 1 unspecified atom stereocenters. The molecule has 2 N–H and O–H groups in total. The molecule has 0 spiro atoms. The quantitative estimate of drug-likeness (QED) is 0.686. The maximum Gasteiger partial charge on any atom is 0.224 e. The van der Waals surface area contributed by atoms with Gasteiger partial charge in [0, 0.05) is 26.7 Å². The van der Waals surface area contributed by atoms with Crippen LogP contribution in [0.2, 0.25) is 0 Å². The fraction of sp³-hybridized carbons (Fsp3) is 0.909. The molecule has 1 atom stereocenters. The lowest BCUT2D eigenvalue weighted by Crippen LogP contribution is -2.34. The van der Waals surface area contributed by atoms with Crippen molar-refractivity contribution >= 4 is 5.91 Å². The van der Waals surface area contributed by atoms with Crippen LogP contribution in [0.25, 0.3) is 0 Å². The smallest absolute Gasteiger partial charge is 0.224 e. The van der Waals surface area contributed by atoms with Gasteiger partial charge in [-0.15, -0.1) is 0 Å². The number of carbonyl (C=O) groups is 1. The molecule has 0 aliphatic rings. The van der Waals surface area contributed by atoms with Crippen LogP contribution in [0.1, 0.15) is 26.7 Å². The van der Waals surface area contributed by atoms with E-state index in [2.05, 4.69) is 13.8 Å². The Morgan fingerprint density at radius 1 is 1.47 bits per heavy atom. The van der Waals surface area contributed by atoms with Crippen molar-refractivity contribution in [2.24, 2.45) is 11.7 Å². The van der Waals surface area contributed by atoms with Crippen molar-refractivity contribution in [2.45, 2.75) is 32.7 Å². The maximum atomic E-state index is 11.5. The van der Waals surface area contributed by atoms with E-state index in [4.69, 9.17) is 10.5 Å². The van der Waals surface area contributed by atoms with Gasteiger partial charge in [0.2, 0.25) is 5.91 Å². The first kappa shape index (κ1) is 14.4. The summed E-state index contributed by atoms with van der Waals surface area (Å²) in [5, 5.41) is 0. The largest absolute Gasteiger partial charge is 0.384 e. The molecule has 0 fully saturated rings. The van der Waals surface area contributed by atoms with Gasteiger partial charge in [-0.2, -0.15) is 0 Å². The van der Waals surface area contributed by atoms with Crippen LogP contribution in [0, 0.1) is 5.92 Å². The lowest BCUT2D eigenvalue weighted by molar-refractivity contribution is -0.130. The average molecular weight is 216 g/mol. The van der Waals surface area contributed by atoms with E-state index >= 15 is 0 Å². The standard InChI is InChI=1S/C11H24N2O2/c1-9(2)10(12)5-7-13(3)11(14)6-8-15-4/h9-10H,5-8,12H2,1-4H3. The van der Waals surface area contributed by atoms with Crippen molar-refractivity contribution in [3.05, 3.63) is 0 Å². The Kier molecular flexibility index (Phi) is 7.34. The lowest BCUT2D eigenvalue weighted by Gasteiger charge is -2.21. The molecule has 0 aromatic rings. The number of nitrogens with two attached hydrogens (primary N) is 1. The molecular formula is C11H24N2O2. The van der Waals surface area contributed by atoms with E-state index in [1.165, 1.54) is 0 Å². The second kappa shape index (κ2) is 7.65. The Balaban J connectivity index is 3.72. The van der Waals surface area contributed by atoms with Gasteiger partial charge in [-0.25, -0.2) is 0 Å². The van der Waals surface area contributed by atoms with Gasteiger partial charge >= 0.3 is 0 Å². The van der Waals surface area contributed by atoms with Gasteiger partial charge in [0.25, 0.3) is 0 Å². The second-order valence-corrected chi connectivity index (χ2v) is 4.25. The van der Waals surface area contributed by atoms with Crippen LogP contribution in [-0.2, 0) is 9.53 Å². The molecule has 4 heteroatoms. The first-order valence-corrected chi connectivity index (χ1v) is 5.47. The summed E-state index contributed by atoms with van der Waals surface area (Å²) < 4.78 is 4.85. The lowest BCUT2D eigenvalue weighted by atomic mass is 10.0. The monoisotopic (exact) mass is 216 g/mol. The summed E-state index contributed by atoms with van der Waals surface area (Å²) in [6.45, 7) is 5.40. The molecule has 0 saturated heterocycles. The first-order valence-electron chi connectivity index (χ1n) is 5.47. The zero-order valence-electron chi connectivity index (χ0n) is 10.3. The molecule has 90 valence electrons. The summed E-state index contributed by atoms with van der Waals surface area (Å²) >= 11 is 0. The Hall–Kier alpha value is -0.610. The molecule has 0 saturated carbocycles. The van der Waals surface area contributed by atoms with Crippen molar-refractivity contribution in [2.75, 3.05) is 27.3 Å². The van der Waals surface area contributed by atoms with E-state index in [0.717, 1.165) is 13.0 Å². The number of rotatable bonds is 7. The van der Waals surface area contributed by atoms with Crippen molar-refractivity contribution in [3.63, 3.8) is 0 Å². The third-order valence-corrected chi connectivity index (χ3v) is 2.60. The molecule has 0 aromatic carbocycles. The van der Waals surface area contributed by atoms with E-state index in [-0.39, 0.29) is 11.9 Å². The molecule has 0 rings (SSSR count). The molecular weight excluding hydrogens is 192 g/mol. The molecule has 1 amide bonds. The molecule has 0 heterocycles. The van der Waals surface area contributed by atoms with Crippen LogP contribution >= 0.6 is 0 Å². The first-order chi connectivity index (χ1) is 6.99. The average Bonchev–Trinajstić information content (AvgIpc) is 2.21. The second-order valence-electron chi connectivity index (χ2n) is 4.25. The predicted octanol–water partition coefficient (Wildman–Crippen LogP) is 0.855. The number of nitrogens with zero attached hydrogens (tertiary/aromatic N) is 1. The maximum absolute atomic E-state index is 11.5. The Bertz CT molecular complexity index is 183. The highest BCUT2D eigenvalue weighted by Crippen LogP contribution is 2.04. The number of carbonyl (C=O) groups excluding carboxylic acids is 1. The van der Waals surface area contributed by atoms with Gasteiger partial charge in [0.15, 0.2) is 0 Å². The summed E-state index contributed by atoms with van der Waals surface area (Å²) in [7, 11) is 3.41. The number of hydrogen-bond acceptors (Lipinski definition) is 3. The highest BCUT2D eigenvalue weighted by Gasteiger charge is 2.12. The van der Waals surface area contributed by atoms with Gasteiger partial charge in [0.1, 0.15) is 0 Å². The van der Waals surface area contributed by atoms with E-state index in [1.54, 1.807) is 12.0 Å². The number of amides is 1. The van der Waals surface area contributed by atoms with E-state index < -0.39 is 0 Å². The molecule has 0 radical (unpaired) electrons. The van der Waals surface area contributed by atoms with Gasteiger partial charge < -0.3 is 15.4 Å². The normalized spacial score (nSPS) is 12.9. The summed E-state index contributed by atoms with van der Waals surface area (Å²) in [6, 6.07) is 0.169. The summed E-state index contributed by atoms with van der Waals surface area (Å²) in [5.41, 5.74) is 5.90. The third-order valence-electron chi connectivity index (χ3n) is 2.60. The Morgan fingerprint density at radius 3 is 2.53 bits per heavy atom. The molecule has 4 nitrogen and oxygen atoms in total. The van der Waals surface area contributed by atoms with E-state index in [0.29, 0.717) is 18.9 Å². The van der Waals surface area contributed by atoms with Crippen LogP contribution in [0.5, 0.6) is 0 Å². The molecule has 15 heavy (non-hydrogen) atoms. The van der Waals surface area contributed by atoms with Gasteiger partial charge in [0.05, 0.1) is 13.0 Å². The molecule has 0 aromatic heterocycles. The van der Waals surface area contributed by atoms with Crippen LogP contribution in [0.4, 0.5) is 0 Å². The van der Waals surface area contributed by atoms with Crippen molar-refractivity contribution in [3.8, 4) is 0 Å². The van der Waals surface area contributed by atoms with Crippen molar-refractivity contribution in [1.29, 1.82) is 0 Å². The summed E-state index contributed by atoms with van der Waals surface area (Å²) in [5.74, 6) is 0.584. The van der Waals surface area contributed by atoms with Gasteiger partial charge in [-0.3, -0.25) is 4.79 Å². The molecule has 0 aliphatic heterocycles. The zero-order chi connectivity index (χ0) is 11.8. The van der Waals surface area contributed by atoms with Gasteiger partial charge in [-0.05, 0) is 12.3 Å². The molecule has 0 aliphatic carbocycles. The SMILES string of the molecule is COCCC(=O)N(C)CCC(N)C(C)C. The van der Waals surface area contributed by atoms with E-state index in [1.807, 2.05) is 7.05 Å². The van der Waals surface area contributed by atoms with Crippen LogP contribution in [0.3, 0.4) is 0 Å². The minimum Gasteiger partial charge on any atom is -0.384 e. The van der Waals surface area contributed by atoms with Crippen LogP contribution in [-0.4, -0.2) is 44.2 Å². The zero-order valence-corrected chi connectivity index (χ0v) is 10.3. The Morgan fingerprint density at radius 2 is 2.07 bits per heavy atom. The van der Waals surface area contributed by atoms with Crippen LogP contribution in [0.15, 0.2) is 0 Å². The van der Waals surface area contributed by atoms with E-state index in [9.17, 15) is 4.79 Å². The summed E-state index contributed by atoms with van der Waals surface area (Å²) in [4.78, 5) is 13.2. The Labute approximate surface area is 92.8 Å². The number of ether oxygens (including phenoxy) is 1. The van der Waals surface area contributed by atoms with Gasteiger partial charge in [-0.1, -0.05) is 13.8 Å². The number of hydrogen-bond donors (Lipinski definition) is 1. The fourth-order valence-corrected chi connectivity index (χ4v) is 1.18. The molecule has 0 bridgehead atoms. The number of methoxy groups -OCH3 is 1.